The molecule has 1 aliphatic rings. The first kappa shape index (κ1) is 18.4. The maximum atomic E-state index is 12.5. The van der Waals surface area contributed by atoms with Gasteiger partial charge in [-0.3, -0.25) is 9.59 Å². The molecule has 1 fully saturated rings. The van der Waals surface area contributed by atoms with Gasteiger partial charge in [-0.1, -0.05) is 0 Å². The number of piperazine rings is 1. The molecule has 26 heavy (non-hydrogen) atoms. The van der Waals surface area contributed by atoms with E-state index in [-0.39, 0.29) is 28.5 Å². The number of thioether (sulfide) groups is 1. The van der Waals surface area contributed by atoms with E-state index in [2.05, 4.69) is 0 Å². The first-order valence-corrected chi connectivity index (χ1v) is 8.62. The minimum Gasteiger partial charge on any atom is -0.472 e. The molecule has 0 spiro atoms. The largest absolute Gasteiger partial charge is 0.472 e. The molecule has 0 aliphatic carbocycles. The van der Waals surface area contributed by atoms with E-state index in [0.717, 1.165) is 0 Å². The summed E-state index contributed by atoms with van der Waals surface area (Å²) in [6.45, 7) is 1.50. The molecule has 3 rings (SSSR count). The van der Waals surface area contributed by atoms with Crippen molar-refractivity contribution < 1.29 is 27.2 Å². The molecule has 0 atom stereocenters. The van der Waals surface area contributed by atoms with Crippen LogP contribution in [0.2, 0.25) is 0 Å². The molecule has 0 saturated carbocycles. The van der Waals surface area contributed by atoms with E-state index >= 15 is 0 Å². The average molecular weight is 384 g/mol. The summed E-state index contributed by atoms with van der Waals surface area (Å²) in [4.78, 5) is 28.0. The van der Waals surface area contributed by atoms with Crippen molar-refractivity contribution in [1.29, 1.82) is 0 Å². The highest BCUT2D eigenvalue weighted by atomic mass is 32.2. The second-order valence-electron chi connectivity index (χ2n) is 5.67. The Labute approximate surface area is 151 Å². The predicted octanol–water partition coefficient (Wildman–Crippen LogP) is 3.49. The number of hydrogen-bond acceptors (Lipinski definition) is 4. The molecule has 2 amide bonds. The van der Waals surface area contributed by atoms with Gasteiger partial charge in [-0.15, -0.1) is 0 Å². The van der Waals surface area contributed by atoms with Crippen LogP contribution in [0, 0.1) is 0 Å². The van der Waals surface area contributed by atoms with Crippen LogP contribution in [0.1, 0.15) is 20.7 Å². The lowest BCUT2D eigenvalue weighted by atomic mass is 10.1. The molecule has 5 nitrogen and oxygen atoms in total. The van der Waals surface area contributed by atoms with Crippen LogP contribution >= 0.6 is 11.8 Å². The second kappa shape index (κ2) is 7.45. The third-order valence-corrected chi connectivity index (χ3v) is 4.70. The van der Waals surface area contributed by atoms with Gasteiger partial charge in [0.15, 0.2) is 0 Å². The Kier molecular flexibility index (Phi) is 5.26. The van der Waals surface area contributed by atoms with Gasteiger partial charge in [-0.2, -0.15) is 13.2 Å². The Morgan fingerprint density at radius 3 is 1.88 bits per heavy atom. The van der Waals surface area contributed by atoms with Crippen molar-refractivity contribution in [3.05, 3.63) is 54.0 Å². The van der Waals surface area contributed by atoms with Gasteiger partial charge in [0.1, 0.15) is 6.26 Å². The third kappa shape index (κ3) is 4.40. The molecule has 2 heterocycles. The number of halogens is 3. The quantitative estimate of drug-likeness (QED) is 0.761. The summed E-state index contributed by atoms with van der Waals surface area (Å²) in [6, 6.07) is 6.92. The lowest BCUT2D eigenvalue weighted by Crippen LogP contribution is -2.50. The highest BCUT2D eigenvalue weighted by molar-refractivity contribution is 8.00. The summed E-state index contributed by atoms with van der Waals surface area (Å²) in [5.41, 5.74) is -3.57. The molecule has 2 aromatic rings. The van der Waals surface area contributed by atoms with Gasteiger partial charge in [0.2, 0.25) is 0 Å². The first-order chi connectivity index (χ1) is 12.3. The molecule has 1 saturated heterocycles. The van der Waals surface area contributed by atoms with E-state index in [1.807, 2.05) is 0 Å². The summed E-state index contributed by atoms with van der Waals surface area (Å²) in [7, 11) is 0. The molecule has 9 heteroatoms. The molecule has 138 valence electrons. The fourth-order valence-corrected chi connectivity index (χ4v) is 3.20. The summed E-state index contributed by atoms with van der Waals surface area (Å²) >= 11 is -0.218. The monoisotopic (exact) mass is 384 g/mol. The number of amides is 2. The molecule has 1 aromatic carbocycles. The van der Waals surface area contributed by atoms with E-state index in [4.69, 9.17) is 4.42 Å². The first-order valence-electron chi connectivity index (χ1n) is 7.80. The van der Waals surface area contributed by atoms with Gasteiger partial charge in [-0.05, 0) is 42.1 Å². The number of carbonyl (C=O) groups is 2. The zero-order valence-electron chi connectivity index (χ0n) is 13.5. The highest BCUT2D eigenvalue weighted by Gasteiger charge is 2.29. The maximum absolute atomic E-state index is 12.5. The Hall–Kier alpha value is -2.42. The van der Waals surface area contributed by atoms with Crippen LogP contribution in [-0.4, -0.2) is 53.3 Å². The van der Waals surface area contributed by atoms with Gasteiger partial charge < -0.3 is 14.2 Å². The SMILES string of the molecule is O=C(c1ccc(SC(F)(F)F)cc1)N1CCN(C(=O)c2ccoc2)CC1. The van der Waals surface area contributed by atoms with Crippen LogP contribution in [0.3, 0.4) is 0 Å². The fourth-order valence-electron chi connectivity index (χ4n) is 2.66. The van der Waals surface area contributed by atoms with Gasteiger partial charge in [0, 0.05) is 36.6 Å². The lowest BCUT2D eigenvalue weighted by molar-refractivity contribution is -0.0328. The van der Waals surface area contributed by atoms with Crippen molar-refractivity contribution in [2.45, 2.75) is 10.4 Å². The van der Waals surface area contributed by atoms with Crippen molar-refractivity contribution in [3.8, 4) is 0 Å². The summed E-state index contributed by atoms with van der Waals surface area (Å²) in [5.74, 6) is -0.414. The van der Waals surface area contributed by atoms with Crippen LogP contribution in [-0.2, 0) is 0 Å². The van der Waals surface area contributed by atoms with Crippen molar-refractivity contribution in [3.63, 3.8) is 0 Å². The topological polar surface area (TPSA) is 53.8 Å². The highest BCUT2D eigenvalue weighted by Crippen LogP contribution is 2.36. The number of alkyl halides is 3. The van der Waals surface area contributed by atoms with Crippen LogP contribution in [0.4, 0.5) is 13.2 Å². The number of nitrogens with zero attached hydrogens (tertiary/aromatic N) is 2. The zero-order valence-corrected chi connectivity index (χ0v) is 14.3. The van der Waals surface area contributed by atoms with E-state index in [9.17, 15) is 22.8 Å². The lowest BCUT2D eigenvalue weighted by Gasteiger charge is -2.34. The summed E-state index contributed by atoms with van der Waals surface area (Å²) in [5, 5.41) is 0. The molecule has 1 aromatic heterocycles. The van der Waals surface area contributed by atoms with E-state index in [1.54, 1.807) is 15.9 Å². The van der Waals surface area contributed by atoms with Crippen molar-refractivity contribution in [2.75, 3.05) is 26.2 Å². The molecule has 0 N–H and O–H groups in total. The molecular formula is C17H15F3N2O3S. The Morgan fingerprint density at radius 2 is 1.42 bits per heavy atom. The predicted molar refractivity (Wildman–Crippen MR) is 88.9 cm³/mol. The van der Waals surface area contributed by atoms with E-state index in [1.165, 1.54) is 36.8 Å². The molecule has 0 bridgehead atoms. The number of furan rings is 1. The normalized spacial score (nSPS) is 15.2. The minimum atomic E-state index is -4.36. The van der Waals surface area contributed by atoms with Gasteiger partial charge in [0.05, 0.1) is 11.8 Å². The Morgan fingerprint density at radius 1 is 0.885 bits per heavy atom. The van der Waals surface area contributed by atoms with Crippen LogP contribution in [0.5, 0.6) is 0 Å². The van der Waals surface area contributed by atoms with Crippen LogP contribution in [0.15, 0.2) is 52.2 Å². The maximum Gasteiger partial charge on any atom is 0.446 e. The number of carbonyl (C=O) groups excluding carboxylic acids is 2. The second-order valence-corrected chi connectivity index (χ2v) is 6.81. The number of benzene rings is 1. The molecule has 1 aliphatic heterocycles. The molecular weight excluding hydrogens is 369 g/mol. The molecule has 0 radical (unpaired) electrons. The molecule has 0 unspecified atom stereocenters. The summed E-state index contributed by atoms with van der Waals surface area (Å²) in [6.07, 6.45) is 2.80. The van der Waals surface area contributed by atoms with E-state index < -0.39 is 5.51 Å². The Balaban J connectivity index is 1.57. The van der Waals surface area contributed by atoms with Crippen molar-refractivity contribution in [1.82, 2.24) is 9.80 Å². The third-order valence-electron chi connectivity index (χ3n) is 3.96. The van der Waals surface area contributed by atoms with Gasteiger partial charge >= 0.3 is 5.51 Å². The zero-order chi connectivity index (χ0) is 18.7. The summed E-state index contributed by atoms with van der Waals surface area (Å²) < 4.78 is 41.9. The van der Waals surface area contributed by atoms with Crippen molar-refractivity contribution >= 4 is 23.6 Å². The van der Waals surface area contributed by atoms with Crippen molar-refractivity contribution in [2.24, 2.45) is 0 Å². The average Bonchev–Trinajstić information content (AvgIpc) is 3.14. The van der Waals surface area contributed by atoms with Gasteiger partial charge in [0.25, 0.3) is 11.8 Å². The smallest absolute Gasteiger partial charge is 0.446 e. The number of rotatable bonds is 3. The van der Waals surface area contributed by atoms with E-state index in [0.29, 0.717) is 37.3 Å². The minimum absolute atomic E-state index is 0.0320. The standard InChI is InChI=1S/C17H15F3N2O3S/c18-17(19,20)26-14-3-1-12(2-4-14)15(23)21-6-8-22(9-7-21)16(24)13-5-10-25-11-13/h1-5,10-11H,6-9H2. The van der Waals surface area contributed by atoms with Crippen LogP contribution in [0.25, 0.3) is 0 Å². The van der Waals surface area contributed by atoms with Crippen LogP contribution < -0.4 is 0 Å². The Bertz CT molecular complexity index is 768. The number of hydrogen-bond donors (Lipinski definition) is 0. The van der Waals surface area contributed by atoms with Gasteiger partial charge in [-0.25, -0.2) is 0 Å². The fraction of sp³-hybridized carbons (Fsp3) is 0.294.